The standard InChI is InChI=1S/C21H24N2O4/c1-13-19(15-5-9-17(26-3)10-6-15)23(22-25)20(14(2)21(13)24)16-7-11-18(27-4)12-8-16/h5-14,19-20H,1-4H3/t13-,14+,19-,20-/m0/s1. The Kier molecular flexibility index (Phi) is 5.44. The molecule has 0 radical (unpaired) electrons. The van der Waals surface area contributed by atoms with Crippen LogP contribution >= 0.6 is 0 Å². The SMILES string of the molecule is COc1ccc([C@@H]2[C@H](C)C(=O)[C@H](C)[C@@H](c3ccc(OC)cc3)N2N=O)cc1. The topological polar surface area (TPSA) is 68.2 Å². The number of carbonyl (C=O) groups is 1. The van der Waals surface area contributed by atoms with Crippen molar-refractivity contribution < 1.29 is 14.3 Å². The van der Waals surface area contributed by atoms with E-state index in [0.717, 1.165) is 22.6 Å². The molecule has 1 heterocycles. The number of carbonyl (C=O) groups excluding carboxylic acids is 1. The minimum atomic E-state index is -0.427. The second-order valence-corrected chi connectivity index (χ2v) is 6.88. The van der Waals surface area contributed by atoms with Crippen molar-refractivity contribution in [2.45, 2.75) is 25.9 Å². The number of nitrogens with zero attached hydrogens (tertiary/aromatic N) is 2. The number of piperidine rings is 1. The van der Waals surface area contributed by atoms with Crippen LogP contribution in [-0.4, -0.2) is 25.0 Å². The Labute approximate surface area is 159 Å². The van der Waals surface area contributed by atoms with Crippen molar-refractivity contribution in [3.63, 3.8) is 0 Å². The highest BCUT2D eigenvalue weighted by molar-refractivity contribution is 5.85. The minimum Gasteiger partial charge on any atom is -0.497 e. The first-order valence-electron chi connectivity index (χ1n) is 8.95. The van der Waals surface area contributed by atoms with Gasteiger partial charge < -0.3 is 9.47 Å². The normalized spacial score (nSPS) is 25.2. The molecule has 0 aromatic heterocycles. The van der Waals surface area contributed by atoms with Crippen molar-refractivity contribution in [2.75, 3.05) is 14.2 Å². The quantitative estimate of drug-likeness (QED) is 0.735. The van der Waals surface area contributed by atoms with Gasteiger partial charge >= 0.3 is 0 Å². The highest BCUT2D eigenvalue weighted by atomic mass is 16.5. The lowest BCUT2D eigenvalue weighted by atomic mass is 9.75. The average molecular weight is 368 g/mol. The fraction of sp³-hybridized carbons (Fsp3) is 0.381. The van der Waals surface area contributed by atoms with Crippen LogP contribution in [0.25, 0.3) is 0 Å². The second-order valence-electron chi connectivity index (χ2n) is 6.88. The highest BCUT2D eigenvalue weighted by Crippen LogP contribution is 2.46. The summed E-state index contributed by atoms with van der Waals surface area (Å²) in [5.41, 5.74) is 1.73. The first kappa shape index (κ1) is 18.9. The van der Waals surface area contributed by atoms with E-state index < -0.39 is 12.1 Å². The van der Waals surface area contributed by atoms with Crippen LogP contribution in [0.15, 0.2) is 53.8 Å². The van der Waals surface area contributed by atoms with Crippen molar-refractivity contribution in [3.05, 3.63) is 64.6 Å². The van der Waals surface area contributed by atoms with E-state index in [1.807, 2.05) is 62.4 Å². The lowest BCUT2D eigenvalue weighted by molar-refractivity contribution is -0.138. The van der Waals surface area contributed by atoms with Crippen LogP contribution in [0, 0.1) is 16.7 Å². The summed E-state index contributed by atoms with van der Waals surface area (Å²) >= 11 is 0. The Hall–Kier alpha value is -2.89. The number of rotatable bonds is 5. The van der Waals surface area contributed by atoms with Gasteiger partial charge in [0.25, 0.3) is 0 Å². The molecule has 2 aromatic carbocycles. The summed E-state index contributed by atoms with van der Waals surface area (Å²) in [5.74, 6) is 0.871. The predicted octanol–water partition coefficient (Wildman–Crippen LogP) is 4.32. The van der Waals surface area contributed by atoms with E-state index in [4.69, 9.17) is 9.47 Å². The maximum absolute atomic E-state index is 13.0. The van der Waals surface area contributed by atoms with Gasteiger partial charge in [0, 0.05) is 11.8 Å². The summed E-state index contributed by atoms with van der Waals surface area (Å²) in [6.45, 7) is 3.71. The molecule has 0 unspecified atom stereocenters. The largest absolute Gasteiger partial charge is 0.497 e. The fourth-order valence-electron chi connectivity index (χ4n) is 3.94. The van der Waals surface area contributed by atoms with Crippen molar-refractivity contribution in [3.8, 4) is 11.5 Å². The van der Waals surface area contributed by atoms with Gasteiger partial charge in [-0.1, -0.05) is 38.1 Å². The van der Waals surface area contributed by atoms with Crippen LogP contribution in [0.4, 0.5) is 0 Å². The third-order valence-corrected chi connectivity index (χ3v) is 5.42. The number of hydrogen-bond donors (Lipinski definition) is 0. The fourth-order valence-corrected chi connectivity index (χ4v) is 3.94. The monoisotopic (exact) mass is 368 g/mol. The van der Waals surface area contributed by atoms with Gasteiger partial charge in [0.15, 0.2) is 0 Å². The Balaban J connectivity index is 2.04. The lowest BCUT2D eigenvalue weighted by Crippen LogP contribution is -2.46. The van der Waals surface area contributed by atoms with Crippen molar-refractivity contribution in [2.24, 2.45) is 17.1 Å². The number of ketones is 1. The zero-order chi connectivity index (χ0) is 19.6. The van der Waals surface area contributed by atoms with Crippen molar-refractivity contribution >= 4 is 5.78 Å². The number of benzene rings is 2. The van der Waals surface area contributed by atoms with Crippen LogP contribution in [0.5, 0.6) is 11.5 Å². The first-order valence-corrected chi connectivity index (χ1v) is 8.95. The molecule has 2 aromatic rings. The molecule has 6 nitrogen and oxygen atoms in total. The molecule has 0 N–H and O–H groups in total. The molecule has 4 atom stereocenters. The van der Waals surface area contributed by atoms with Gasteiger partial charge in [-0.15, -0.1) is 4.91 Å². The summed E-state index contributed by atoms with van der Waals surface area (Å²) in [6, 6.07) is 14.0. The van der Waals surface area contributed by atoms with Gasteiger partial charge in [-0.3, -0.25) is 4.79 Å². The molecule has 1 aliphatic heterocycles. The average Bonchev–Trinajstić information content (AvgIpc) is 2.72. The molecular formula is C21H24N2O4. The molecule has 1 aliphatic rings. The smallest absolute Gasteiger partial charge is 0.143 e. The summed E-state index contributed by atoms with van der Waals surface area (Å²) in [6.07, 6.45) is 0. The van der Waals surface area contributed by atoms with E-state index >= 15 is 0 Å². The van der Waals surface area contributed by atoms with Crippen LogP contribution < -0.4 is 9.47 Å². The van der Waals surface area contributed by atoms with Gasteiger partial charge in [0.1, 0.15) is 17.3 Å². The van der Waals surface area contributed by atoms with E-state index in [0.29, 0.717) is 0 Å². The van der Waals surface area contributed by atoms with Gasteiger partial charge in [0.05, 0.1) is 31.6 Å². The number of methoxy groups -OCH3 is 2. The molecule has 1 fully saturated rings. The van der Waals surface area contributed by atoms with E-state index in [2.05, 4.69) is 5.29 Å². The van der Waals surface area contributed by atoms with Gasteiger partial charge in [-0.05, 0) is 35.4 Å². The maximum atomic E-state index is 13.0. The third-order valence-electron chi connectivity index (χ3n) is 5.42. The Morgan fingerprint density at radius 1 is 0.778 bits per heavy atom. The molecule has 0 spiro atoms. The molecule has 1 saturated heterocycles. The van der Waals surface area contributed by atoms with Crippen LogP contribution in [0.2, 0.25) is 0 Å². The van der Waals surface area contributed by atoms with Gasteiger partial charge in [0.2, 0.25) is 0 Å². The van der Waals surface area contributed by atoms with Crippen LogP contribution in [0.3, 0.4) is 0 Å². The number of nitroso groups, excluding NO2 is 1. The molecule has 3 rings (SSSR count). The number of hydrogen-bond acceptors (Lipinski definition) is 5. The molecule has 0 amide bonds. The van der Waals surface area contributed by atoms with Gasteiger partial charge in [-0.2, -0.15) is 0 Å². The Morgan fingerprint density at radius 2 is 1.15 bits per heavy atom. The summed E-state index contributed by atoms with van der Waals surface area (Å²) in [7, 11) is 3.20. The molecule has 142 valence electrons. The van der Waals surface area contributed by atoms with E-state index in [1.165, 1.54) is 5.01 Å². The molecule has 0 saturated carbocycles. The number of ether oxygens (including phenoxy) is 2. The molecule has 0 aliphatic carbocycles. The highest BCUT2D eigenvalue weighted by Gasteiger charge is 2.46. The second kappa shape index (κ2) is 7.78. The minimum absolute atomic E-state index is 0.122. The first-order chi connectivity index (χ1) is 13.0. The molecular weight excluding hydrogens is 344 g/mol. The molecule has 27 heavy (non-hydrogen) atoms. The summed E-state index contributed by atoms with van der Waals surface area (Å²) < 4.78 is 10.4. The van der Waals surface area contributed by atoms with E-state index in [9.17, 15) is 9.70 Å². The summed E-state index contributed by atoms with van der Waals surface area (Å²) in [4.78, 5) is 24.9. The van der Waals surface area contributed by atoms with E-state index in [1.54, 1.807) is 14.2 Å². The zero-order valence-electron chi connectivity index (χ0n) is 16.0. The molecule has 6 heteroatoms. The maximum Gasteiger partial charge on any atom is 0.143 e. The third kappa shape index (κ3) is 3.39. The van der Waals surface area contributed by atoms with E-state index in [-0.39, 0.29) is 17.6 Å². The van der Waals surface area contributed by atoms with Crippen molar-refractivity contribution in [1.29, 1.82) is 0 Å². The van der Waals surface area contributed by atoms with Crippen molar-refractivity contribution in [1.82, 2.24) is 5.01 Å². The Bertz CT molecular complexity index is 740. The van der Waals surface area contributed by atoms with Gasteiger partial charge in [-0.25, -0.2) is 5.01 Å². The lowest BCUT2D eigenvalue weighted by Gasteiger charge is -2.44. The predicted molar refractivity (Wildman–Crippen MR) is 102 cm³/mol. The molecule has 0 bridgehead atoms. The summed E-state index contributed by atoms with van der Waals surface area (Å²) in [5, 5.41) is 4.88. The number of Topliss-reactive ketones (excluding diaryl/α,β-unsaturated/α-hetero) is 1. The van der Waals surface area contributed by atoms with Crippen LogP contribution in [0.1, 0.15) is 37.1 Å². The zero-order valence-corrected chi connectivity index (χ0v) is 16.0. The van der Waals surface area contributed by atoms with Crippen LogP contribution in [-0.2, 0) is 4.79 Å². The Morgan fingerprint density at radius 3 is 1.44 bits per heavy atom.